The molecule has 0 saturated carbocycles. The van der Waals surface area contributed by atoms with Crippen LogP contribution in [0.5, 0.6) is 0 Å². The van der Waals surface area contributed by atoms with Gasteiger partial charge in [-0.05, 0) is 12.1 Å². The van der Waals surface area contributed by atoms with E-state index < -0.39 is 18.0 Å². The van der Waals surface area contributed by atoms with Crippen LogP contribution < -0.4 is 0 Å². The maximum absolute atomic E-state index is 11.0. The second-order valence-corrected chi connectivity index (χ2v) is 3.56. The van der Waals surface area contributed by atoms with Gasteiger partial charge in [0.25, 0.3) is 0 Å². The molecule has 0 spiro atoms. The molecule has 2 aromatic heterocycles. The molecule has 18 heavy (non-hydrogen) atoms. The number of hydrogen-bond acceptors (Lipinski definition) is 4. The highest BCUT2D eigenvalue weighted by atomic mass is 16.5. The van der Waals surface area contributed by atoms with E-state index in [2.05, 4.69) is 4.98 Å². The lowest BCUT2D eigenvalue weighted by atomic mass is 10.2. The van der Waals surface area contributed by atoms with E-state index in [0.717, 1.165) is 0 Å². The number of aliphatic carboxylic acids is 1. The first kappa shape index (κ1) is 12.1. The number of fused-ring (bicyclic) bond motifs is 1. The van der Waals surface area contributed by atoms with Crippen molar-refractivity contribution in [1.82, 2.24) is 9.38 Å². The van der Waals surface area contributed by atoms with Crippen molar-refractivity contribution in [2.24, 2.45) is 0 Å². The van der Waals surface area contributed by atoms with Crippen LogP contribution in [0.1, 0.15) is 22.3 Å². The van der Waals surface area contributed by atoms with Crippen LogP contribution in [0.25, 0.3) is 5.65 Å². The second kappa shape index (κ2) is 4.46. The molecule has 7 heteroatoms. The van der Waals surface area contributed by atoms with Crippen molar-refractivity contribution in [3.8, 4) is 0 Å². The summed E-state index contributed by atoms with van der Waals surface area (Å²) in [5, 5.41) is 17.9. The van der Waals surface area contributed by atoms with E-state index in [0.29, 0.717) is 11.3 Å². The van der Waals surface area contributed by atoms with Gasteiger partial charge in [-0.2, -0.15) is 0 Å². The molecular weight excluding hydrogens is 240 g/mol. The summed E-state index contributed by atoms with van der Waals surface area (Å²) in [4.78, 5) is 25.7. The zero-order chi connectivity index (χ0) is 13.3. The molecule has 7 nitrogen and oxygen atoms in total. The van der Waals surface area contributed by atoms with Gasteiger partial charge in [0.1, 0.15) is 5.65 Å². The molecule has 0 aliphatic heterocycles. The SMILES string of the molecule is COC(C(=O)O)c1cccc2nc(C(=O)O)cn12. The van der Waals surface area contributed by atoms with Crippen LogP contribution in [-0.2, 0) is 9.53 Å². The summed E-state index contributed by atoms with van der Waals surface area (Å²) in [5.41, 5.74) is 0.512. The average Bonchev–Trinajstić information content (AvgIpc) is 2.74. The zero-order valence-corrected chi connectivity index (χ0v) is 9.40. The van der Waals surface area contributed by atoms with Crippen LogP contribution in [0.2, 0.25) is 0 Å². The Morgan fingerprint density at radius 1 is 1.39 bits per heavy atom. The van der Waals surface area contributed by atoms with E-state index in [9.17, 15) is 9.59 Å². The highest BCUT2D eigenvalue weighted by molar-refractivity contribution is 5.86. The Kier molecular flexibility index (Phi) is 2.99. The van der Waals surface area contributed by atoms with Crippen LogP contribution in [-0.4, -0.2) is 38.6 Å². The fraction of sp³-hybridized carbons (Fsp3) is 0.182. The molecule has 0 aliphatic rings. The molecule has 1 unspecified atom stereocenters. The van der Waals surface area contributed by atoms with Crippen molar-refractivity contribution in [3.05, 3.63) is 35.8 Å². The summed E-state index contributed by atoms with van der Waals surface area (Å²) in [5.74, 6) is -2.33. The van der Waals surface area contributed by atoms with Gasteiger partial charge in [0.05, 0.1) is 5.69 Å². The Morgan fingerprint density at radius 2 is 2.11 bits per heavy atom. The number of rotatable bonds is 4. The number of aromatic nitrogens is 2. The minimum atomic E-state index is -1.18. The summed E-state index contributed by atoms with van der Waals surface area (Å²) < 4.78 is 6.27. The van der Waals surface area contributed by atoms with E-state index in [4.69, 9.17) is 14.9 Å². The van der Waals surface area contributed by atoms with E-state index in [1.165, 1.54) is 17.7 Å². The van der Waals surface area contributed by atoms with Crippen LogP contribution in [0.4, 0.5) is 0 Å². The van der Waals surface area contributed by atoms with E-state index in [-0.39, 0.29) is 5.69 Å². The van der Waals surface area contributed by atoms with Gasteiger partial charge in [-0.1, -0.05) is 6.07 Å². The van der Waals surface area contributed by atoms with Gasteiger partial charge < -0.3 is 14.9 Å². The molecule has 0 saturated heterocycles. The summed E-state index contributed by atoms with van der Waals surface area (Å²) in [6.07, 6.45) is 0.0895. The fourth-order valence-electron chi connectivity index (χ4n) is 1.70. The monoisotopic (exact) mass is 250 g/mol. The second-order valence-electron chi connectivity index (χ2n) is 3.56. The van der Waals surface area contributed by atoms with Crippen molar-refractivity contribution < 1.29 is 24.5 Å². The Morgan fingerprint density at radius 3 is 2.67 bits per heavy atom. The van der Waals surface area contributed by atoms with Crippen LogP contribution in [0, 0.1) is 0 Å². The number of carboxylic acid groups (broad SMARTS) is 2. The number of carbonyl (C=O) groups is 2. The molecule has 0 aliphatic carbocycles. The highest BCUT2D eigenvalue weighted by Crippen LogP contribution is 2.19. The van der Waals surface area contributed by atoms with Gasteiger partial charge in [0.2, 0.25) is 0 Å². The van der Waals surface area contributed by atoms with Gasteiger partial charge >= 0.3 is 11.9 Å². The molecule has 0 amide bonds. The first-order valence-corrected chi connectivity index (χ1v) is 5.01. The lowest BCUT2D eigenvalue weighted by molar-refractivity contribution is -0.149. The normalized spacial score (nSPS) is 12.5. The minimum absolute atomic E-state index is 0.150. The molecule has 2 N–H and O–H groups in total. The number of imidazole rings is 1. The number of hydrogen-bond donors (Lipinski definition) is 2. The lowest BCUT2D eigenvalue weighted by Crippen LogP contribution is -2.16. The number of aromatic carboxylic acids is 1. The fourth-order valence-corrected chi connectivity index (χ4v) is 1.70. The van der Waals surface area contributed by atoms with Crippen LogP contribution in [0.3, 0.4) is 0 Å². The van der Waals surface area contributed by atoms with Crippen LogP contribution in [0.15, 0.2) is 24.4 Å². The van der Waals surface area contributed by atoms with E-state index in [1.807, 2.05) is 0 Å². The predicted octanol–water partition coefficient (Wildman–Crippen LogP) is 0.805. The topological polar surface area (TPSA) is 101 Å². The van der Waals surface area contributed by atoms with E-state index in [1.54, 1.807) is 18.2 Å². The Bertz CT molecular complexity index is 619. The summed E-state index contributed by atoms with van der Waals surface area (Å²) >= 11 is 0. The number of carboxylic acids is 2. The summed E-state index contributed by atoms with van der Waals surface area (Å²) in [6, 6.07) is 4.73. The maximum atomic E-state index is 11.0. The van der Waals surface area contributed by atoms with Gasteiger partial charge in [0, 0.05) is 13.3 Å². The molecule has 0 fully saturated rings. The van der Waals surface area contributed by atoms with Crippen molar-refractivity contribution >= 4 is 17.6 Å². The third-order valence-corrected chi connectivity index (χ3v) is 2.47. The number of ether oxygens (including phenoxy) is 1. The van der Waals surface area contributed by atoms with Gasteiger partial charge in [-0.15, -0.1) is 0 Å². The smallest absolute Gasteiger partial charge is 0.356 e. The quantitative estimate of drug-likeness (QED) is 0.832. The molecule has 2 heterocycles. The van der Waals surface area contributed by atoms with Crippen LogP contribution >= 0.6 is 0 Å². The molecule has 2 rings (SSSR count). The maximum Gasteiger partial charge on any atom is 0.356 e. The molecule has 94 valence electrons. The zero-order valence-electron chi connectivity index (χ0n) is 9.40. The average molecular weight is 250 g/mol. The Labute approximate surface area is 101 Å². The highest BCUT2D eigenvalue weighted by Gasteiger charge is 2.22. The van der Waals surface area contributed by atoms with Crippen molar-refractivity contribution in [1.29, 1.82) is 0 Å². The summed E-state index contributed by atoms with van der Waals surface area (Å²) in [7, 11) is 1.27. The number of pyridine rings is 1. The first-order chi connectivity index (χ1) is 8.54. The van der Waals surface area contributed by atoms with Gasteiger partial charge in [-0.25, -0.2) is 14.6 Å². The van der Waals surface area contributed by atoms with Gasteiger partial charge in [-0.3, -0.25) is 4.40 Å². The molecule has 2 aromatic rings. The minimum Gasteiger partial charge on any atom is -0.479 e. The van der Waals surface area contributed by atoms with Crippen molar-refractivity contribution in [2.45, 2.75) is 6.10 Å². The standard InChI is InChI=1S/C11H10N2O5/c1-18-9(11(16)17)7-3-2-4-8-12-6(10(14)15)5-13(7)8/h2-5,9H,1H3,(H,14,15)(H,16,17). The molecule has 0 radical (unpaired) electrons. The molecule has 0 aromatic carbocycles. The van der Waals surface area contributed by atoms with Gasteiger partial charge in [0.15, 0.2) is 11.8 Å². The Balaban J connectivity index is 2.64. The van der Waals surface area contributed by atoms with E-state index >= 15 is 0 Å². The third-order valence-electron chi connectivity index (χ3n) is 2.47. The third kappa shape index (κ3) is 1.91. The lowest BCUT2D eigenvalue weighted by Gasteiger charge is -2.12. The Hall–Kier alpha value is -2.41. The summed E-state index contributed by atoms with van der Waals surface area (Å²) in [6.45, 7) is 0. The largest absolute Gasteiger partial charge is 0.479 e. The molecule has 0 bridgehead atoms. The number of methoxy groups -OCH3 is 1. The first-order valence-electron chi connectivity index (χ1n) is 5.01. The molecular formula is C11H10N2O5. The number of nitrogens with zero attached hydrogens (tertiary/aromatic N) is 2. The molecule has 1 atom stereocenters. The van der Waals surface area contributed by atoms with Crippen molar-refractivity contribution in [3.63, 3.8) is 0 Å². The van der Waals surface area contributed by atoms with Crippen molar-refractivity contribution in [2.75, 3.05) is 7.11 Å². The predicted molar refractivity (Wildman–Crippen MR) is 59.5 cm³/mol.